The standard InChI is InChI=1S/C14H16ClFN2O5.C13H13ClF2N2O5.C13H14ClFN2O5.2C12H13ClFN3O5/c1-7-6-9(20)17-13(22)18(7)12-14(15,4-3-5-16)11(21)10(23-12)8(2)19;1-6(19)8-9(20)13(14,3-2-4-15)11(23-8)18-5-7(16)10(21)17-12(18)22;1-7(18)9-10(20)13(14,4-2-5-15)11(22-9)17-6-3-8(19)16-12(17)21;1-6(18)7-8(19)12(13,3-2-4-14)9(22-7)17-5-15-10(20)16-11(17)21;1-6(18)8-9(20)12(13,3-2-4-14)10(22-8)17-11(21)16-7(19)5-15-17/h6,8,10-12,19,21H,5H2,1-2H3,(H,17,20,22);5-6,8-9,11,19-20H,4H2,1H3,(H,17,21,22);3,6-7,9-11,18,20H,5H2,1H3,(H,16,19,21);5-9,18-19H,4H2,1H3,(H,16,20,21);5-6,8-10,18,20H,4H2,1H3,(H,16,19,21)/t8-,10+,11-,12+,14?;6-,8+,9-,11+,13?;7-,9+,10-,11+,13?;6-,7+,8-,9+,12?;6-,8+,9-,10+,12?/m00000/s1. The van der Waals surface area contributed by atoms with Gasteiger partial charge in [0.05, 0.1) is 36.7 Å². The Morgan fingerprint density at radius 3 is 1.15 bits per heavy atom. The first-order chi connectivity index (χ1) is 52.4. The number of halogens is 11. The highest BCUT2D eigenvalue weighted by Gasteiger charge is 2.62. The number of rotatable bonds is 10. The van der Waals surface area contributed by atoms with Crippen molar-refractivity contribution >= 4 is 58.0 Å². The molecular weight excluding hydrogens is 1630 g/mol. The molecule has 0 saturated carbocycles. The van der Waals surface area contributed by atoms with E-state index in [-0.39, 0.29) is 5.69 Å². The van der Waals surface area contributed by atoms with E-state index in [1.807, 2.05) is 20.9 Å². The van der Waals surface area contributed by atoms with E-state index in [1.165, 1.54) is 41.5 Å². The lowest BCUT2D eigenvalue weighted by molar-refractivity contribution is -0.0810. The van der Waals surface area contributed by atoms with Crippen LogP contribution in [0.5, 0.6) is 0 Å². The maximum atomic E-state index is 13.5. The molecule has 112 heavy (non-hydrogen) atoms. The van der Waals surface area contributed by atoms with E-state index in [2.05, 4.69) is 68.4 Å². The Morgan fingerprint density at radius 2 is 0.786 bits per heavy atom. The average molecular weight is 1700 g/mol. The summed E-state index contributed by atoms with van der Waals surface area (Å²) >= 11 is 31.3. The number of aliphatic hydroxyl groups excluding tert-OH is 10. The first kappa shape index (κ1) is 92.4. The third-order valence-electron chi connectivity index (χ3n) is 16.7. The van der Waals surface area contributed by atoms with Gasteiger partial charge in [0.25, 0.3) is 22.2 Å². The van der Waals surface area contributed by atoms with Crippen molar-refractivity contribution in [1.29, 1.82) is 0 Å². The van der Waals surface area contributed by atoms with Crippen molar-refractivity contribution in [3.63, 3.8) is 0 Å². The number of hydrogen-bond acceptors (Lipinski definition) is 27. The molecule has 5 saturated heterocycles. The van der Waals surface area contributed by atoms with Crippen molar-refractivity contribution in [2.75, 3.05) is 33.4 Å². The third kappa shape index (κ3) is 19.8. The van der Waals surface area contributed by atoms with Gasteiger partial charge in [0.15, 0.2) is 55.5 Å². The van der Waals surface area contributed by atoms with E-state index in [4.69, 9.17) is 81.7 Å². The van der Waals surface area contributed by atoms with Gasteiger partial charge in [0, 0.05) is 24.0 Å². The van der Waals surface area contributed by atoms with Crippen LogP contribution in [0.25, 0.3) is 0 Å². The van der Waals surface area contributed by atoms with Crippen molar-refractivity contribution in [1.82, 2.24) is 58.0 Å². The molecule has 612 valence electrons. The minimum Gasteiger partial charge on any atom is -0.391 e. The fourth-order valence-corrected chi connectivity index (χ4v) is 13.2. The quantitative estimate of drug-likeness (QED) is 0.0353. The average Bonchev–Trinajstić information content (AvgIpc) is 1.65. The first-order valence-corrected chi connectivity index (χ1v) is 34.1. The predicted octanol–water partition coefficient (Wildman–Crippen LogP) is -5.13. The van der Waals surface area contributed by atoms with E-state index < -0.39 is 243 Å². The summed E-state index contributed by atoms with van der Waals surface area (Å²) in [5.41, 5.74) is -8.41. The van der Waals surface area contributed by atoms with Crippen molar-refractivity contribution in [3.05, 3.63) is 153 Å². The lowest BCUT2D eigenvalue weighted by atomic mass is 9.96. The van der Waals surface area contributed by atoms with Gasteiger partial charge in [-0.25, -0.2) is 50.7 Å². The predicted molar refractivity (Wildman–Crippen MR) is 377 cm³/mol. The maximum Gasteiger partial charge on any atom is 0.350 e. The van der Waals surface area contributed by atoms with E-state index in [0.29, 0.717) is 15.4 Å². The maximum absolute atomic E-state index is 13.5. The number of H-pyrrole nitrogens is 5. The fourth-order valence-electron chi connectivity index (χ4n) is 11.4. The molecule has 0 amide bonds. The highest BCUT2D eigenvalue weighted by Crippen LogP contribution is 2.48. The van der Waals surface area contributed by atoms with Crippen LogP contribution in [-0.4, -0.2) is 258 Å². The summed E-state index contributed by atoms with van der Waals surface area (Å²) in [5, 5.41) is 103. The lowest BCUT2D eigenvalue weighted by Crippen LogP contribution is -2.46. The lowest BCUT2D eigenvalue weighted by Gasteiger charge is -2.26. The summed E-state index contributed by atoms with van der Waals surface area (Å²) < 4.78 is 106. The van der Waals surface area contributed by atoms with Crippen molar-refractivity contribution in [2.45, 2.75) is 189 Å². The summed E-state index contributed by atoms with van der Waals surface area (Å²) in [7, 11) is 0. The number of nitrogens with zero attached hydrogens (tertiary/aromatic N) is 7. The summed E-state index contributed by atoms with van der Waals surface area (Å²) in [6.07, 6.45) is -22.8. The zero-order chi connectivity index (χ0) is 84.2. The number of aromatic nitrogens is 12. The second-order valence-electron chi connectivity index (χ2n) is 24.6. The van der Waals surface area contributed by atoms with Crippen molar-refractivity contribution in [2.24, 2.45) is 0 Å². The molecule has 5 aromatic heterocycles. The van der Waals surface area contributed by atoms with E-state index in [1.54, 1.807) is 4.98 Å². The number of hydrogen-bond donors (Lipinski definition) is 15. The van der Waals surface area contributed by atoms with Crippen LogP contribution < -0.4 is 56.4 Å². The molecule has 5 unspecified atom stereocenters. The number of aromatic amines is 5. The second kappa shape index (κ2) is 38.5. The van der Waals surface area contributed by atoms with Crippen LogP contribution in [0.1, 0.15) is 71.5 Å². The Hall–Kier alpha value is -8.51. The number of alkyl halides is 10. The molecule has 15 N–H and O–H groups in total. The van der Waals surface area contributed by atoms with Gasteiger partial charge in [-0.3, -0.25) is 62.4 Å². The van der Waals surface area contributed by atoms with Crippen LogP contribution in [-0.2, 0) is 23.7 Å². The number of ether oxygens (including phenoxy) is 5. The topological polar surface area (TPSA) is 549 Å². The third-order valence-corrected chi connectivity index (χ3v) is 19.2. The molecule has 0 aliphatic carbocycles. The Balaban J connectivity index is 0.000000218. The van der Waals surface area contributed by atoms with Gasteiger partial charge < -0.3 is 74.7 Å². The smallest absolute Gasteiger partial charge is 0.350 e. The Kier molecular flexibility index (Phi) is 31.8. The van der Waals surface area contributed by atoms with Crippen LogP contribution in [0.3, 0.4) is 0 Å². The molecule has 5 aliphatic heterocycles. The molecule has 5 fully saturated rings. The van der Waals surface area contributed by atoms with E-state index in [0.717, 1.165) is 44.6 Å². The zero-order valence-corrected chi connectivity index (χ0v) is 62.2. The molecule has 10 heterocycles. The molecule has 0 aromatic carbocycles. The Bertz CT molecular complexity index is 4870. The molecule has 5 aromatic rings. The molecule has 10 rings (SSSR count). The highest BCUT2D eigenvalue weighted by molar-refractivity contribution is 6.28. The molecule has 0 spiro atoms. The van der Waals surface area contributed by atoms with Crippen LogP contribution >= 0.6 is 58.0 Å². The molecule has 48 heteroatoms. The SMILES string of the molecule is C[C@H](O)[C@H]1O[C@@H](n2cc(F)c(=O)[nH]c2=O)C(Cl)(C#CCF)[C@H]1O.C[C@H](O)[C@H]1O[C@@H](n2ccc(=O)[nH]c2=O)C(Cl)(C#CCF)[C@H]1O.C[C@H](O)[C@H]1O[C@@H](n2cnc(=O)[nH]c2=O)C(Cl)(C#CCF)[C@H]1O.C[C@H](O)[C@H]1O[C@@H](n2ncc(=O)[nH]c2=O)C(Cl)(C#CCF)[C@H]1O.Cc1cc(=O)[nH]c(=O)n1[C@@H]1O[C@H]([C@H](C)O)[C@H](O)C1(Cl)C#CCF. The fraction of sp³-hybridized carbons (Fsp3) is 0.562. The van der Waals surface area contributed by atoms with E-state index in [9.17, 15) is 125 Å². The van der Waals surface area contributed by atoms with Gasteiger partial charge in [-0.1, -0.05) is 117 Å². The van der Waals surface area contributed by atoms with Crippen LogP contribution in [0.4, 0.5) is 26.3 Å². The van der Waals surface area contributed by atoms with Gasteiger partial charge in [-0.15, -0.1) is 0 Å². The van der Waals surface area contributed by atoms with E-state index >= 15 is 0 Å². The number of nitrogens with one attached hydrogen (secondary N) is 5. The summed E-state index contributed by atoms with van der Waals surface area (Å²) in [5.74, 6) is 20.6. The minimum atomic E-state index is -2.03. The van der Waals surface area contributed by atoms with Crippen LogP contribution in [0.2, 0.25) is 0 Å². The van der Waals surface area contributed by atoms with Crippen LogP contribution in [0, 0.1) is 71.9 Å². The van der Waals surface area contributed by atoms with Gasteiger partial charge in [0.2, 0.25) is 5.82 Å². The number of aryl methyl sites for hydroxylation is 1. The van der Waals surface area contributed by atoms with Crippen LogP contribution in [0.15, 0.2) is 85.0 Å². The van der Waals surface area contributed by atoms with Gasteiger partial charge in [-0.2, -0.15) is 19.2 Å². The molecule has 0 radical (unpaired) electrons. The van der Waals surface area contributed by atoms with Crippen molar-refractivity contribution < 1.29 is 101 Å². The van der Waals surface area contributed by atoms with Gasteiger partial charge in [0.1, 0.15) is 107 Å². The monoisotopic (exact) mass is 1690 g/mol. The molecule has 25 atom stereocenters. The first-order valence-electron chi connectivity index (χ1n) is 32.2. The minimum absolute atomic E-state index is 0.217. The highest BCUT2D eigenvalue weighted by atomic mass is 35.5. The Labute approximate surface area is 648 Å². The zero-order valence-electron chi connectivity index (χ0n) is 58.4. The van der Waals surface area contributed by atoms with Crippen molar-refractivity contribution in [3.8, 4) is 59.2 Å². The van der Waals surface area contributed by atoms with Gasteiger partial charge >= 0.3 is 34.1 Å². The second-order valence-corrected chi connectivity index (χ2v) is 27.7. The van der Waals surface area contributed by atoms with Gasteiger partial charge in [-0.05, 0) is 41.5 Å². The molecule has 37 nitrogen and oxygen atoms in total. The summed E-state index contributed by atoms with van der Waals surface area (Å²) in [6, 6.07) is 2.21. The summed E-state index contributed by atoms with van der Waals surface area (Å²) in [6.45, 7) is 3.07. The Morgan fingerprint density at radius 1 is 0.455 bits per heavy atom. The normalized spacial score (nSPS) is 32.0. The largest absolute Gasteiger partial charge is 0.391 e. The summed E-state index contributed by atoms with van der Waals surface area (Å²) in [4.78, 5) is 119. The molecular formula is C64H69Cl5F6N12O25. The molecule has 5 aliphatic rings. The molecule has 0 bridgehead atoms. The number of aliphatic hydroxyl groups is 10.